The zero-order chi connectivity index (χ0) is 19.0. The van der Waals surface area contributed by atoms with Crippen molar-refractivity contribution in [3.63, 3.8) is 0 Å². The number of carbonyl (C=O) groups is 1. The van der Waals surface area contributed by atoms with Crippen molar-refractivity contribution < 1.29 is 17.9 Å². The molecule has 0 saturated carbocycles. The smallest absolute Gasteiger partial charge is 0.264 e. The Labute approximate surface area is 155 Å². The van der Waals surface area contributed by atoms with E-state index in [2.05, 4.69) is 15.4 Å². The number of nitrogens with one attached hydrogen (secondary N) is 1. The number of nitrogens with zero attached hydrogens (tertiary/aromatic N) is 4. The van der Waals surface area contributed by atoms with Crippen molar-refractivity contribution in [2.45, 2.75) is 38.0 Å². The summed E-state index contributed by atoms with van der Waals surface area (Å²) in [6, 6.07) is -0.315. The third-order valence-electron chi connectivity index (χ3n) is 5.00. The largest absolute Gasteiger partial charge is 0.376 e. The Morgan fingerprint density at radius 2 is 2.22 bits per heavy atom. The average Bonchev–Trinajstić information content (AvgIpc) is 3.35. The van der Waals surface area contributed by atoms with Crippen LogP contribution in [-0.4, -0.2) is 64.4 Å². The Kier molecular flexibility index (Phi) is 4.72. The maximum absolute atomic E-state index is 12.6. The number of sulfone groups is 1. The van der Waals surface area contributed by atoms with Crippen LogP contribution < -0.4 is 10.9 Å². The van der Waals surface area contributed by atoms with Crippen LogP contribution in [0.4, 0.5) is 0 Å². The first kappa shape index (κ1) is 18.1. The van der Waals surface area contributed by atoms with Crippen LogP contribution in [0, 0.1) is 0 Å². The third kappa shape index (κ3) is 3.74. The second kappa shape index (κ2) is 7.04. The lowest BCUT2D eigenvalue weighted by molar-refractivity contribution is -0.122. The summed E-state index contributed by atoms with van der Waals surface area (Å²) in [6.45, 7) is 1.00. The van der Waals surface area contributed by atoms with Crippen molar-refractivity contribution in [1.82, 2.24) is 24.6 Å². The number of fused-ring (bicyclic) bond motifs is 1. The molecule has 27 heavy (non-hydrogen) atoms. The number of ether oxygens (including phenoxy) is 1. The minimum absolute atomic E-state index is 0.000187. The van der Waals surface area contributed by atoms with Crippen LogP contribution in [0.1, 0.15) is 25.3 Å². The summed E-state index contributed by atoms with van der Waals surface area (Å²) in [6.07, 6.45) is 5.09. The van der Waals surface area contributed by atoms with Crippen LogP contribution in [0.15, 0.2) is 17.3 Å². The van der Waals surface area contributed by atoms with Crippen LogP contribution in [-0.2, 0) is 25.9 Å². The Bertz CT molecular complexity index is 1020. The molecule has 2 aromatic rings. The van der Waals surface area contributed by atoms with E-state index in [9.17, 15) is 18.0 Å². The van der Waals surface area contributed by atoms with Gasteiger partial charge in [-0.2, -0.15) is 5.10 Å². The average molecular weight is 395 g/mol. The zero-order valence-electron chi connectivity index (χ0n) is 14.7. The van der Waals surface area contributed by atoms with Gasteiger partial charge in [0.25, 0.3) is 5.56 Å². The van der Waals surface area contributed by atoms with E-state index < -0.39 is 9.84 Å². The van der Waals surface area contributed by atoms with Gasteiger partial charge in [-0.25, -0.2) is 18.1 Å². The SMILES string of the molecule is O=C(Cn1cnc2c(cnn2[C@@H]2CCS(=O)(=O)C2)c1=O)NC[C@@H]1CCCO1. The molecule has 4 heterocycles. The molecule has 1 N–H and O–H groups in total. The molecule has 2 aromatic heterocycles. The first-order chi connectivity index (χ1) is 12.9. The summed E-state index contributed by atoms with van der Waals surface area (Å²) in [7, 11) is -3.07. The first-order valence-corrected chi connectivity index (χ1v) is 10.8. The van der Waals surface area contributed by atoms with Crippen LogP contribution in [0.3, 0.4) is 0 Å². The standard InChI is InChI=1S/C16H21N5O5S/c22-14(17-6-12-2-1-4-26-12)8-20-10-18-15-13(16(20)23)7-19-21(15)11-3-5-27(24,25)9-11/h7,10-12H,1-6,8-9H2,(H,17,22)/t11-,12+/m1/s1. The minimum atomic E-state index is -3.07. The lowest BCUT2D eigenvalue weighted by Gasteiger charge is -2.12. The summed E-state index contributed by atoms with van der Waals surface area (Å²) >= 11 is 0. The van der Waals surface area contributed by atoms with Crippen molar-refractivity contribution in [2.24, 2.45) is 0 Å². The van der Waals surface area contributed by atoms with Gasteiger partial charge in [-0.3, -0.25) is 14.2 Å². The molecule has 2 aliphatic heterocycles. The van der Waals surface area contributed by atoms with E-state index in [-0.39, 0.29) is 47.0 Å². The molecular weight excluding hydrogens is 374 g/mol. The number of rotatable bonds is 5. The number of amides is 1. The molecular formula is C16H21N5O5S. The lowest BCUT2D eigenvalue weighted by Crippen LogP contribution is -2.36. The molecule has 2 aliphatic rings. The number of hydrogen-bond acceptors (Lipinski definition) is 7. The van der Waals surface area contributed by atoms with Gasteiger partial charge in [0.2, 0.25) is 5.91 Å². The fraction of sp³-hybridized carbons (Fsp3) is 0.625. The van der Waals surface area contributed by atoms with Gasteiger partial charge in [0.05, 0.1) is 29.8 Å². The van der Waals surface area contributed by atoms with E-state index >= 15 is 0 Å². The molecule has 10 nitrogen and oxygen atoms in total. The molecule has 146 valence electrons. The van der Waals surface area contributed by atoms with Gasteiger partial charge in [-0.05, 0) is 19.3 Å². The lowest BCUT2D eigenvalue weighted by atomic mass is 10.2. The van der Waals surface area contributed by atoms with Crippen molar-refractivity contribution in [2.75, 3.05) is 24.7 Å². The van der Waals surface area contributed by atoms with E-state index in [1.165, 1.54) is 21.8 Å². The zero-order valence-corrected chi connectivity index (χ0v) is 15.5. The van der Waals surface area contributed by atoms with Crippen molar-refractivity contribution >= 4 is 26.8 Å². The molecule has 0 spiro atoms. The molecule has 2 fully saturated rings. The van der Waals surface area contributed by atoms with E-state index in [0.29, 0.717) is 25.2 Å². The van der Waals surface area contributed by atoms with Crippen LogP contribution in [0.2, 0.25) is 0 Å². The van der Waals surface area contributed by atoms with E-state index in [4.69, 9.17) is 4.74 Å². The molecule has 0 bridgehead atoms. The Hall–Kier alpha value is -2.27. The molecule has 11 heteroatoms. The van der Waals surface area contributed by atoms with Crippen molar-refractivity contribution in [3.8, 4) is 0 Å². The van der Waals surface area contributed by atoms with Gasteiger partial charge in [0, 0.05) is 13.2 Å². The number of aromatic nitrogens is 4. The highest BCUT2D eigenvalue weighted by atomic mass is 32.2. The Morgan fingerprint density at radius 3 is 2.93 bits per heavy atom. The minimum Gasteiger partial charge on any atom is -0.376 e. The van der Waals surface area contributed by atoms with Gasteiger partial charge in [-0.15, -0.1) is 0 Å². The molecule has 0 aromatic carbocycles. The van der Waals surface area contributed by atoms with Crippen molar-refractivity contribution in [1.29, 1.82) is 0 Å². The third-order valence-corrected chi connectivity index (χ3v) is 6.75. The van der Waals surface area contributed by atoms with Gasteiger partial charge in [-0.1, -0.05) is 0 Å². The first-order valence-electron chi connectivity index (χ1n) is 8.94. The Morgan fingerprint density at radius 1 is 1.37 bits per heavy atom. The highest BCUT2D eigenvalue weighted by Crippen LogP contribution is 2.25. The molecule has 0 radical (unpaired) electrons. The fourth-order valence-corrected chi connectivity index (χ4v) is 5.25. The second-order valence-corrected chi connectivity index (χ2v) is 9.23. The van der Waals surface area contributed by atoms with Gasteiger partial charge in [0.1, 0.15) is 18.3 Å². The second-order valence-electron chi connectivity index (χ2n) is 7.00. The summed E-state index contributed by atoms with van der Waals surface area (Å²) < 4.78 is 31.6. The predicted octanol–water partition coefficient (Wildman–Crippen LogP) is -0.752. The highest BCUT2D eigenvalue weighted by molar-refractivity contribution is 7.91. The quantitative estimate of drug-likeness (QED) is 0.706. The normalized spacial score (nSPS) is 24.4. The van der Waals surface area contributed by atoms with Crippen LogP contribution in [0.25, 0.3) is 11.0 Å². The molecule has 1 amide bonds. The Balaban J connectivity index is 1.49. The molecule has 0 unspecified atom stereocenters. The van der Waals surface area contributed by atoms with Gasteiger partial charge in [0.15, 0.2) is 15.5 Å². The molecule has 2 saturated heterocycles. The van der Waals surface area contributed by atoms with E-state index in [1.54, 1.807) is 0 Å². The summed E-state index contributed by atoms with van der Waals surface area (Å²) in [5.41, 5.74) is -0.0301. The summed E-state index contributed by atoms with van der Waals surface area (Å²) in [5.74, 6) is -0.177. The van der Waals surface area contributed by atoms with Gasteiger partial charge >= 0.3 is 0 Å². The molecule has 2 atom stereocenters. The molecule has 0 aliphatic carbocycles. The van der Waals surface area contributed by atoms with E-state index in [0.717, 1.165) is 12.8 Å². The maximum Gasteiger partial charge on any atom is 0.264 e. The fourth-order valence-electron chi connectivity index (χ4n) is 3.56. The number of carbonyl (C=O) groups excluding carboxylic acids is 1. The van der Waals surface area contributed by atoms with Crippen molar-refractivity contribution in [3.05, 3.63) is 22.9 Å². The highest BCUT2D eigenvalue weighted by Gasteiger charge is 2.31. The topological polar surface area (TPSA) is 125 Å². The van der Waals surface area contributed by atoms with Crippen LogP contribution in [0.5, 0.6) is 0 Å². The number of hydrogen-bond donors (Lipinski definition) is 1. The maximum atomic E-state index is 12.6. The summed E-state index contributed by atoms with van der Waals surface area (Å²) in [5, 5.41) is 7.21. The summed E-state index contributed by atoms with van der Waals surface area (Å²) in [4.78, 5) is 29.0. The monoisotopic (exact) mass is 395 g/mol. The van der Waals surface area contributed by atoms with E-state index in [1.807, 2.05) is 0 Å². The molecule has 4 rings (SSSR count). The van der Waals surface area contributed by atoms with Crippen LogP contribution >= 0.6 is 0 Å². The van der Waals surface area contributed by atoms with Gasteiger partial charge < -0.3 is 10.1 Å². The predicted molar refractivity (Wildman–Crippen MR) is 96.1 cm³/mol.